The molecule has 9 heteroatoms. The van der Waals surface area contributed by atoms with Crippen LogP contribution in [0.15, 0.2) is 58.3 Å². The summed E-state index contributed by atoms with van der Waals surface area (Å²) in [5, 5.41) is 9.06. The molecular formula is C17H19N3O4S2. The molecule has 0 aliphatic carbocycles. The first kappa shape index (κ1) is 19.9. The second-order valence-electron chi connectivity index (χ2n) is 5.33. The van der Waals surface area contributed by atoms with Crippen molar-refractivity contribution in [3.05, 3.63) is 54.1 Å². The standard InChI is InChI=1S/C17H19N3O4S2/c1-3-20(4-2)26(23,24)16-11-9-15(10-12-16)19-25(21,22)17-8-6-5-7-14(17)13-18/h5-12,19H,3-4H2,1-2H3. The van der Waals surface area contributed by atoms with Crippen molar-refractivity contribution in [3.63, 3.8) is 0 Å². The zero-order valence-corrected chi connectivity index (χ0v) is 16.0. The number of rotatable bonds is 7. The lowest BCUT2D eigenvalue weighted by Crippen LogP contribution is -2.30. The fourth-order valence-electron chi connectivity index (χ4n) is 2.41. The van der Waals surface area contributed by atoms with Gasteiger partial charge in [-0.3, -0.25) is 4.72 Å². The van der Waals surface area contributed by atoms with Crippen LogP contribution in [-0.2, 0) is 20.0 Å². The van der Waals surface area contributed by atoms with Gasteiger partial charge in [-0.05, 0) is 36.4 Å². The van der Waals surface area contributed by atoms with E-state index >= 15 is 0 Å². The van der Waals surface area contributed by atoms with Crippen LogP contribution in [0.3, 0.4) is 0 Å². The van der Waals surface area contributed by atoms with Crippen molar-refractivity contribution in [2.75, 3.05) is 17.8 Å². The van der Waals surface area contributed by atoms with E-state index in [1.807, 2.05) is 6.07 Å². The number of anilines is 1. The fraction of sp³-hybridized carbons (Fsp3) is 0.235. The van der Waals surface area contributed by atoms with Gasteiger partial charge in [-0.25, -0.2) is 16.8 Å². The maximum absolute atomic E-state index is 12.5. The normalized spacial score (nSPS) is 11.9. The maximum Gasteiger partial charge on any atom is 0.263 e. The van der Waals surface area contributed by atoms with E-state index < -0.39 is 20.0 Å². The zero-order chi connectivity index (χ0) is 19.4. The van der Waals surface area contributed by atoms with E-state index in [1.54, 1.807) is 19.9 Å². The highest BCUT2D eigenvalue weighted by Crippen LogP contribution is 2.22. The lowest BCUT2D eigenvalue weighted by molar-refractivity contribution is 0.445. The predicted octanol–water partition coefficient (Wildman–Crippen LogP) is 2.39. The minimum absolute atomic E-state index is 0.0285. The molecule has 2 rings (SSSR count). The van der Waals surface area contributed by atoms with Crippen LogP contribution in [0, 0.1) is 11.3 Å². The molecule has 0 spiro atoms. The van der Waals surface area contributed by atoms with Crippen LogP contribution in [0.2, 0.25) is 0 Å². The minimum Gasteiger partial charge on any atom is -0.280 e. The number of nitrogens with one attached hydrogen (secondary N) is 1. The van der Waals surface area contributed by atoms with Gasteiger partial charge in [0.2, 0.25) is 10.0 Å². The molecule has 0 radical (unpaired) electrons. The van der Waals surface area contributed by atoms with Crippen molar-refractivity contribution in [1.82, 2.24) is 4.31 Å². The van der Waals surface area contributed by atoms with Crippen LogP contribution in [0.5, 0.6) is 0 Å². The van der Waals surface area contributed by atoms with E-state index in [9.17, 15) is 16.8 Å². The van der Waals surface area contributed by atoms with E-state index in [-0.39, 0.29) is 21.0 Å². The van der Waals surface area contributed by atoms with Crippen molar-refractivity contribution < 1.29 is 16.8 Å². The van der Waals surface area contributed by atoms with Gasteiger partial charge in [-0.15, -0.1) is 0 Å². The molecule has 2 aromatic carbocycles. The summed E-state index contributed by atoms with van der Waals surface area (Å²) in [6.45, 7) is 4.18. The molecule has 0 aliphatic heterocycles. The molecule has 138 valence electrons. The molecule has 2 aromatic rings. The summed E-state index contributed by atoms with van der Waals surface area (Å²) in [5.74, 6) is 0. The molecule has 0 atom stereocenters. The quantitative estimate of drug-likeness (QED) is 0.777. The van der Waals surface area contributed by atoms with Crippen LogP contribution >= 0.6 is 0 Å². The van der Waals surface area contributed by atoms with Gasteiger partial charge in [0.25, 0.3) is 10.0 Å². The number of hydrogen-bond acceptors (Lipinski definition) is 5. The largest absolute Gasteiger partial charge is 0.280 e. The van der Waals surface area contributed by atoms with E-state index in [0.717, 1.165) is 0 Å². The predicted molar refractivity (Wildman–Crippen MR) is 98.5 cm³/mol. The van der Waals surface area contributed by atoms with Gasteiger partial charge in [0.15, 0.2) is 0 Å². The van der Waals surface area contributed by atoms with Gasteiger partial charge in [-0.2, -0.15) is 9.57 Å². The van der Waals surface area contributed by atoms with E-state index in [2.05, 4.69) is 4.72 Å². The van der Waals surface area contributed by atoms with Gasteiger partial charge in [0.05, 0.1) is 10.5 Å². The summed E-state index contributed by atoms with van der Waals surface area (Å²) in [5.41, 5.74) is 0.233. The van der Waals surface area contributed by atoms with Crippen LogP contribution in [0.1, 0.15) is 19.4 Å². The Morgan fingerprint density at radius 2 is 1.54 bits per heavy atom. The Balaban J connectivity index is 2.31. The van der Waals surface area contributed by atoms with Crippen molar-refractivity contribution in [1.29, 1.82) is 5.26 Å². The molecule has 0 fully saturated rings. The molecule has 26 heavy (non-hydrogen) atoms. The smallest absolute Gasteiger partial charge is 0.263 e. The lowest BCUT2D eigenvalue weighted by Gasteiger charge is -2.18. The summed E-state index contributed by atoms with van der Waals surface area (Å²) in [4.78, 5) is -0.0519. The van der Waals surface area contributed by atoms with Crippen molar-refractivity contribution in [2.45, 2.75) is 23.6 Å². The fourth-order valence-corrected chi connectivity index (χ4v) is 5.09. The number of nitriles is 1. The molecule has 0 aromatic heterocycles. The lowest BCUT2D eigenvalue weighted by atomic mass is 10.2. The monoisotopic (exact) mass is 393 g/mol. The SMILES string of the molecule is CCN(CC)S(=O)(=O)c1ccc(NS(=O)(=O)c2ccccc2C#N)cc1. The average Bonchev–Trinajstić information content (AvgIpc) is 2.62. The molecule has 0 bridgehead atoms. The van der Waals surface area contributed by atoms with Gasteiger partial charge in [0, 0.05) is 18.8 Å². The molecule has 0 amide bonds. The summed E-state index contributed by atoms with van der Waals surface area (Å²) in [6, 6.07) is 13.1. The van der Waals surface area contributed by atoms with Gasteiger partial charge >= 0.3 is 0 Å². The summed E-state index contributed by atoms with van der Waals surface area (Å²) in [6.07, 6.45) is 0. The van der Waals surface area contributed by atoms with E-state index in [4.69, 9.17) is 5.26 Å². The first-order chi connectivity index (χ1) is 12.3. The summed E-state index contributed by atoms with van der Waals surface area (Å²) < 4.78 is 53.5. The van der Waals surface area contributed by atoms with Crippen molar-refractivity contribution in [3.8, 4) is 6.07 Å². The number of sulfonamides is 2. The molecule has 0 aliphatic rings. The van der Waals surface area contributed by atoms with Crippen LogP contribution < -0.4 is 4.72 Å². The first-order valence-electron chi connectivity index (χ1n) is 7.88. The Bertz CT molecular complexity index is 1020. The first-order valence-corrected chi connectivity index (χ1v) is 10.8. The van der Waals surface area contributed by atoms with Gasteiger partial charge < -0.3 is 0 Å². The Kier molecular flexibility index (Phi) is 6.02. The maximum atomic E-state index is 12.5. The van der Waals surface area contributed by atoms with Crippen LogP contribution in [0.4, 0.5) is 5.69 Å². The number of benzene rings is 2. The molecule has 1 N–H and O–H groups in total. The van der Waals surface area contributed by atoms with Crippen molar-refractivity contribution >= 4 is 25.7 Å². The Morgan fingerprint density at radius 3 is 2.08 bits per heavy atom. The molecule has 0 saturated carbocycles. The Labute approximate surface area is 154 Å². The second kappa shape index (κ2) is 7.86. The van der Waals surface area contributed by atoms with Crippen LogP contribution in [-0.4, -0.2) is 34.2 Å². The number of hydrogen-bond donors (Lipinski definition) is 1. The third kappa shape index (κ3) is 4.04. The summed E-state index contributed by atoms with van der Waals surface area (Å²) in [7, 11) is -7.57. The highest BCUT2D eigenvalue weighted by atomic mass is 32.2. The second-order valence-corrected chi connectivity index (χ2v) is 8.92. The Hall–Kier alpha value is -2.41. The molecule has 0 unspecified atom stereocenters. The average molecular weight is 393 g/mol. The number of nitrogens with zero attached hydrogens (tertiary/aromatic N) is 2. The molecule has 0 saturated heterocycles. The highest BCUT2D eigenvalue weighted by Gasteiger charge is 2.22. The minimum atomic E-state index is -3.96. The zero-order valence-electron chi connectivity index (χ0n) is 14.4. The Morgan fingerprint density at radius 1 is 0.962 bits per heavy atom. The van der Waals surface area contributed by atoms with Gasteiger partial charge in [-0.1, -0.05) is 26.0 Å². The highest BCUT2D eigenvalue weighted by molar-refractivity contribution is 7.92. The van der Waals surface area contributed by atoms with Crippen LogP contribution in [0.25, 0.3) is 0 Å². The molecule has 0 heterocycles. The van der Waals surface area contributed by atoms with Crippen molar-refractivity contribution in [2.24, 2.45) is 0 Å². The topological polar surface area (TPSA) is 107 Å². The molecule has 7 nitrogen and oxygen atoms in total. The third-order valence-corrected chi connectivity index (χ3v) is 7.25. The summed E-state index contributed by atoms with van der Waals surface area (Å²) >= 11 is 0. The van der Waals surface area contributed by atoms with Gasteiger partial charge in [0.1, 0.15) is 11.0 Å². The third-order valence-electron chi connectivity index (χ3n) is 3.75. The van der Waals surface area contributed by atoms with E-state index in [1.165, 1.54) is 46.8 Å². The van der Waals surface area contributed by atoms with E-state index in [0.29, 0.717) is 13.1 Å². The molecular weight excluding hydrogens is 374 g/mol.